The molecule has 0 fully saturated rings. The van der Waals surface area contributed by atoms with Crippen molar-refractivity contribution in [2.24, 2.45) is 10.9 Å². The average molecular weight is 279 g/mol. The quantitative estimate of drug-likeness (QED) is 0.477. The van der Waals surface area contributed by atoms with Crippen molar-refractivity contribution >= 4 is 17.7 Å². The Morgan fingerprint density at radius 1 is 1.21 bits per heavy atom. The van der Waals surface area contributed by atoms with E-state index in [2.05, 4.69) is 66.9 Å². The van der Waals surface area contributed by atoms with Gasteiger partial charge < -0.3 is 10.6 Å². The number of hydrogen-bond acceptors (Lipinski definition) is 2. The van der Waals surface area contributed by atoms with Crippen molar-refractivity contribution in [2.75, 3.05) is 19.3 Å². The smallest absolute Gasteiger partial charge is 0.191 e. The van der Waals surface area contributed by atoms with Crippen LogP contribution in [0.3, 0.4) is 0 Å². The molecule has 0 heterocycles. The molecule has 0 unspecified atom stereocenters. The maximum atomic E-state index is 4.60. The molecule has 0 aliphatic rings. The Balaban J connectivity index is 2.57. The predicted molar refractivity (Wildman–Crippen MR) is 85.9 cm³/mol. The molecule has 0 spiro atoms. The third-order valence-corrected chi connectivity index (χ3v) is 3.34. The lowest BCUT2D eigenvalue weighted by Gasteiger charge is -2.13. The second kappa shape index (κ2) is 8.86. The molecule has 0 amide bonds. The van der Waals surface area contributed by atoms with Crippen LogP contribution in [0.1, 0.15) is 26.3 Å². The Hall–Kier alpha value is -1.16. The number of hydrogen-bond donors (Lipinski definition) is 2. The van der Waals surface area contributed by atoms with Gasteiger partial charge in [-0.05, 0) is 36.8 Å². The molecule has 4 heteroatoms. The monoisotopic (exact) mass is 279 g/mol. The molecule has 0 saturated carbocycles. The number of nitrogens with zero attached hydrogens (tertiary/aromatic N) is 1. The van der Waals surface area contributed by atoms with Gasteiger partial charge in [-0.15, -0.1) is 11.8 Å². The van der Waals surface area contributed by atoms with E-state index in [9.17, 15) is 0 Å². The summed E-state index contributed by atoms with van der Waals surface area (Å²) in [5.41, 5.74) is 1.24. The van der Waals surface area contributed by atoms with Gasteiger partial charge in [-0.2, -0.15) is 0 Å². The number of rotatable bonds is 6. The van der Waals surface area contributed by atoms with Crippen molar-refractivity contribution in [1.29, 1.82) is 0 Å². The number of benzene rings is 1. The van der Waals surface area contributed by atoms with Gasteiger partial charge in [0.2, 0.25) is 0 Å². The van der Waals surface area contributed by atoms with E-state index in [0.29, 0.717) is 12.5 Å². The van der Waals surface area contributed by atoms with Gasteiger partial charge in [-0.3, -0.25) is 0 Å². The molecule has 0 atom stereocenters. The van der Waals surface area contributed by atoms with Gasteiger partial charge in [0.05, 0.1) is 6.54 Å². The van der Waals surface area contributed by atoms with Crippen LogP contribution in [0, 0.1) is 5.92 Å². The Kier molecular flexibility index (Phi) is 7.41. The van der Waals surface area contributed by atoms with Crippen LogP contribution in [-0.4, -0.2) is 25.3 Å². The molecule has 19 heavy (non-hydrogen) atoms. The van der Waals surface area contributed by atoms with Gasteiger partial charge in [0, 0.05) is 18.0 Å². The van der Waals surface area contributed by atoms with E-state index in [1.54, 1.807) is 11.8 Å². The van der Waals surface area contributed by atoms with Gasteiger partial charge in [-0.1, -0.05) is 26.0 Å². The van der Waals surface area contributed by atoms with E-state index in [1.165, 1.54) is 10.5 Å². The lowest BCUT2D eigenvalue weighted by molar-refractivity contribution is 0.615. The first-order valence-electron chi connectivity index (χ1n) is 6.80. The van der Waals surface area contributed by atoms with Crippen molar-refractivity contribution in [3.8, 4) is 0 Å². The molecule has 0 aromatic heterocycles. The fourth-order valence-corrected chi connectivity index (χ4v) is 1.95. The normalized spacial score (nSPS) is 11.7. The number of aliphatic imine (C=N–C) groups is 1. The zero-order chi connectivity index (χ0) is 14.1. The Labute approximate surface area is 121 Å². The largest absolute Gasteiger partial charge is 0.357 e. The van der Waals surface area contributed by atoms with Crippen molar-refractivity contribution in [1.82, 2.24) is 10.6 Å². The summed E-state index contributed by atoms with van der Waals surface area (Å²) in [6.45, 7) is 9.00. The lowest BCUT2D eigenvalue weighted by atomic mass is 10.2. The number of guanidine groups is 1. The minimum atomic E-state index is 0.615. The van der Waals surface area contributed by atoms with Gasteiger partial charge in [0.1, 0.15) is 0 Å². The first-order chi connectivity index (χ1) is 9.15. The van der Waals surface area contributed by atoms with Gasteiger partial charge in [-0.25, -0.2) is 4.99 Å². The molecule has 0 aliphatic heterocycles. The molecular weight excluding hydrogens is 254 g/mol. The van der Waals surface area contributed by atoms with Crippen molar-refractivity contribution in [3.63, 3.8) is 0 Å². The molecule has 1 aromatic carbocycles. The summed E-state index contributed by atoms with van der Waals surface area (Å²) in [5, 5.41) is 6.61. The Morgan fingerprint density at radius 2 is 1.89 bits per heavy atom. The van der Waals surface area contributed by atoms with E-state index >= 15 is 0 Å². The second-order valence-corrected chi connectivity index (χ2v) is 5.70. The molecule has 1 rings (SSSR count). The zero-order valence-electron chi connectivity index (χ0n) is 12.4. The van der Waals surface area contributed by atoms with Crippen LogP contribution in [0.5, 0.6) is 0 Å². The molecule has 0 aliphatic carbocycles. The maximum absolute atomic E-state index is 4.60. The first kappa shape index (κ1) is 15.9. The topological polar surface area (TPSA) is 36.4 Å². The molecule has 106 valence electrons. The third kappa shape index (κ3) is 6.53. The fraction of sp³-hybridized carbons (Fsp3) is 0.533. The Bertz CT molecular complexity index is 385. The maximum Gasteiger partial charge on any atom is 0.191 e. The molecule has 3 nitrogen and oxygen atoms in total. The highest BCUT2D eigenvalue weighted by Gasteiger charge is 1.99. The predicted octanol–water partition coefficient (Wildman–Crippen LogP) is 3.12. The fourth-order valence-electron chi connectivity index (χ4n) is 1.54. The van der Waals surface area contributed by atoms with Crippen LogP contribution in [0.15, 0.2) is 34.2 Å². The summed E-state index contributed by atoms with van der Waals surface area (Å²) < 4.78 is 0. The van der Waals surface area contributed by atoms with Gasteiger partial charge in [0.25, 0.3) is 0 Å². The average Bonchev–Trinajstić information content (AvgIpc) is 2.42. The minimum Gasteiger partial charge on any atom is -0.357 e. The Morgan fingerprint density at radius 3 is 2.42 bits per heavy atom. The van der Waals surface area contributed by atoms with Gasteiger partial charge in [0.15, 0.2) is 5.96 Å². The molecule has 2 N–H and O–H groups in total. The summed E-state index contributed by atoms with van der Waals surface area (Å²) in [7, 11) is 0. The van der Waals surface area contributed by atoms with E-state index in [0.717, 1.165) is 19.0 Å². The van der Waals surface area contributed by atoms with Gasteiger partial charge >= 0.3 is 0 Å². The molecule has 0 bridgehead atoms. The van der Waals surface area contributed by atoms with E-state index < -0.39 is 0 Å². The number of nitrogens with one attached hydrogen (secondary N) is 2. The minimum absolute atomic E-state index is 0.615. The van der Waals surface area contributed by atoms with Crippen LogP contribution in [0.2, 0.25) is 0 Å². The highest BCUT2D eigenvalue weighted by atomic mass is 32.2. The zero-order valence-corrected chi connectivity index (χ0v) is 13.2. The summed E-state index contributed by atoms with van der Waals surface area (Å²) in [4.78, 5) is 5.89. The second-order valence-electron chi connectivity index (χ2n) is 4.82. The standard InChI is InChI=1S/C15H25N3S/c1-5-16-15(17-10-12(2)3)18-11-13-6-8-14(19-4)9-7-13/h6-9,12H,5,10-11H2,1-4H3,(H2,16,17,18). The highest BCUT2D eigenvalue weighted by molar-refractivity contribution is 7.98. The third-order valence-electron chi connectivity index (χ3n) is 2.60. The summed E-state index contributed by atoms with van der Waals surface area (Å²) in [5.74, 6) is 1.51. The molecule has 1 aromatic rings. The van der Waals surface area contributed by atoms with Crippen molar-refractivity contribution < 1.29 is 0 Å². The van der Waals surface area contributed by atoms with Crippen LogP contribution >= 0.6 is 11.8 Å². The van der Waals surface area contributed by atoms with Crippen LogP contribution in [0.25, 0.3) is 0 Å². The number of thioether (sulfide) groups is 1. The lowest BCUT2D eigenvalue weighted by Crippen LogP contribution is -2.39. The molecule has 0 radical (unpaired) electrons. The first-order valence-corrected chi connectivity index (χ1v) is 8.03. The van der Waals surface area contributed by atoms with Crippen LogP contribution in [-0.2, 0) is 6.54 Å². The van der Waals surface area contributed by atoms with Crippen molar-refractivity contribution in [3.05, 3.63) is 29.8 Å². The van der Waals surface area contributed by atoms with Crippen LogP contribution in [0.4, 0.5) is 0 Å². The highest BCUT2D eigenvalue weighted by Crippen LogP contribution is 2.15. The van der Waals surface area contributed by atoms with E-state index in [-0.39, 0.29) is 0 Å². The summed E-state index contributed by atoms with van der Waals surface area (Å²) in [6, 6.07) is 8.57. The van der Waals surface area contributed by atoms with E-state index in [1.807, 2.05) is 0 Å². The summed E-state index contributed by atoms with van der Waals surface area (Å²) in [6.07, 6.45) is 2.09. The van der Waals surface area contributed by atoms with Crippen LogP contribution < -0.4 is 10.6 Å². The van der Waals surface area contributed by atoms with E-state index in [4.69, 9.17) is 0 Å². The molecule has 0 saturated heterocycles. The SMILES string of the molecule is CCNC(=NCc1ccc(SC)cc1)NCC(C)C. The summed E-state index contributed by atoms with van der Waals surface area (Å²) >= 11 is 1.76. The molecular formula is C15H25N3S. The van der Waals surface area contributed by atoms with Crippen molar-refractivity contribution in [2.45, 2.75) is 32.2 Å².